The highest BCUT2D eigenvalue weighted by Gasteiger charge is 2.10. The molecule has 0 aliphatic rings. The minimum absolute atomic E-state index is 0.313. The molecule has 0 N–H and O–H groups in total. The molecule has 5 heteroatoms. The van der Waals surface area contributed by atoms with Crippen molar-refractivity contribution in [2.75, 3.05) is 6.61 Å². The lowest BCUT2D eigenvalue weighted by molar-refractivity contribution is 0.315. The third kappa shape index (κ3) is 2.91. The minimum Gasteiger partial charge on any atom is -0.491 e. The highest BCUT2D eigenvalue weighted by molar-refractivity contribution is 5.62. The largest absolute Gasteiger partial charge is 0.491 e. The van der Waals surface area contributed by atoms with Gasteiger partial charge in [0.2, 0.25) is 0 Å². The Morgan fingerprint density at radius 1 is 1.25 bits per heavy atom. The smallest absolute Gasteiger partial charge is 0.159 e. The molecule has 1 aromatic carbocycles. The van der Waals surface area contributed by atoms with Gasteiger partial charge in [0.1, 0.15) is 6.07 Å². The van der Waals surface area contributed by atoms with Crippen LogP contribution in [-0.4, -0.2) is 11.6 Å². The van der Waals surface area contributed by atoms with Gasteiger partial charge in [0.05, 0.1) is 24.1 Å². The van der Waals surface area contributed by atoms with Gasteiger partial charge in [0.15, 0.2) is 17.4 Å². The predicted molar refractivity (Wildman–Crippen MR) is 70.1 cm³/mol. The summed E-state index contributed by atoms with van der Waals surface area (Å²) in [4.78, 5) is 4.12. The highest BCUT2D eigenvalue weighted by Crippen LogP contribution is 2.25. The summed E-state index contributed by atoms with van der Waals surface area (Å²) in [5.41, 5.74) is 1.11. The minimum atomic E-state index is -0.950. The molecule has 0 radical (unpaired) electrons. The zero-order valence-electron chi connectivity index (χ0n) is 10.9. The second-order valence-corrected chi connectivity index (χ2v) is 4.15. The molecule has 0 amide bonds. The maximum atomic E-state index is 13.2. The molecule has 0 atom stereocenters. The van der Waals surface area contributed by atoms with Gasteiger partial charge in [-0.25, -0.2) is 8.78 Å². The van der Waals surface area contributed by atoms with Crippen LogP contribution in [0.1, 0.15) is 18.9 Å². The van der Waals surface area contributed by atoms with E-state index in [2.05, 4.69) is 4.98 Å². The van der Waals surface area contributed by atoms with Gasteiger partial charge in [-0.05, 0) is 30.7 Å². The maximum Gasteiger partial charge on any atom is 0.159 e. The maximum absolute atomic E-state index is 13.2. The van der Waals surface area contributed by atoms with Crippen LogP contribution in [-0.2, 0) is 0 Å². The Labute approximate surface area is 115 Å². The van der Waals surface area contributed by atoms with E-state index >= 15 is 0 Å². The number of rotatable bonds is 4. The van der Waals surface area contributed by atoms with E-state index in [1.807, 2.05) is 13.0 Å². The van der Waals surface area contributed by atoms with E-state index in [0.29, 0.717) is 29.2 Å². The molecule has 0 unspecified atom stereocenters. The van der Waals surface area contributed by atoms with Crippen molar-refractivity contribution in [3.8, 4) is 23.1 Å². The zero-order chi connectivity index (χ0) is 14.5. The van der Waals surface area contributed by atoms with Crippen LogP contribution in [0.3, 0.4) is 0 Å². The SMILES string of the molecule is CCCOc1cnc(-c2ccc(F)c(F)c2)cc1C#N. The topological polar surface area (TPSA) is 45.9 Å². The van der Waals surface area contributed by atoms with Crippen LogP contribution in [0, 0.1) is 23.0 Å². The third-order valence-electron chi connectivity index (χ3n) is 2.66. The zero-order valence-corrected chi connectivity index (χ0v) is 10.9. The van der Waals surface area contributed by atoms with E-state index in [1.165, 1.54) is 18.3 Å². The van der Waals surface area contributed by atoms with Gasteiger partial charge in [0, 0.05) is 5.56 Å². The first-order valence-corrected chi connectivity index (χ1v) is 6.14. The van der Waals surface area contributed by atoms with Gasteiger partial charge < -0.3 is 4.74 Å². The van der Waals surface area contributed by atoms with E-state index in [9.17, 15) is 8.78 Å². The summed E-state index contributed by atoms with van der Waals surface area (Å²) in [6.45, 7) is 2.44. The van der Waals surface area contributed by atoms with Crippen molar-refractivity contribution in [1.29, 1.82) is 5.26 Å². The number of nitrogens with zero attached hydrogens (tertiary/aromatic N) is 2. The summed E-state index contributed by atoms with van der Waals surface area (Å²) in [7, 11) is 0. The lowest BCUT2D eigenvalue weighted by Crippen LogP contribution is -1.99. The summed E-state index contributed by atoms with van der Waals surface area (Å²) in [6, 6.07) is 6.99. The molecule has 1 aromatic heterocycles. The molecule has 3 nitrogen and oxygen atoms in total. The average Bonchev–Trinajstić information content (AvgIpc) is 2.47. The molecule has 0 bridgehead atoms. The van der Waals surface area contributed by atoms with Gasteiger partial charge in [0.25, 0.3) is 0 Å². The molecule has 1 heterocycles. The molecule has 0 spiro atoms. The van der Waals surface area contributed by atoms with Crippen molar-refractivity contribution >= 4 is 0 Å². The van der Waals surface area contributed by atoms with Crippen molar-refractivity contribution < 1.29 is 13.5 Å². The monoisotopic (exact) mass is 274 g/mol. The molecule has 2 aromatic rings. The lowest BCUT2D eigenvalue weighted by atomic mass is 10.1. The summed E-state index contributed by atoms with van der Waals surface area (Å²) in [6.07, 6.45) is 2.24. The van der Waals surface area contributed by atoms with E-state index in [1.54, 1.807) is 0 Å². The second-order valence-electron chi connectivity index (χ2n) is 4.15. The van der Waals surface area contributed by atoms with Crippen LogP contribution >= 0.6 is 0 Å². The molecule has 0 fully saturated rings. The molecule has 0 saturated heterocycles. The summed E-state index contributed by atoms with van der Waals surface area (Å²) < 4.78 is 31.5. The average molecular weight is 274 g/mol. The fourth-order valence-corrected chi connectivity index (χ4v) is 1.67. The predicted octanol–water partition coefficient (Wildman–Crippen LogP) is 3.69. The first-order chi connectivity index (χ1) is 9.65. The number of nitriles is 1. The van der Waals surface area contributed by atoms with Crippen molar-refractivity contribution in [3.63, 3.8) is 0 Å². The first-order valence-electron chi connectivity index (χ1n) is 6.14. The lowest BCUT2D eigenvalue weighted by Gasteiger charge is -2.08. The second kappa shape index (κ2) is 6.11. The number of hydrogen-bond acceptors (Lipinski definition) is 3. The Hall–Kier alpha value is -2.48. The van der Waals surface area contributed by atoms with E-state index in [4.69, 9.17) is 10.00 Å². The molecule has 0 saturated carbocycles. The number of halogens is 2. The van der Waals surface area contributed by atoms with Crippen LogP contribution in [0.2, 0.25) is 0 Å². The summed E-state index contributed by atoms with van der Waals surface area (Å²) >= 11 is 0. The molecular weight excluding hydrogens is 262 g/mol. The molecule has 20 heavy (non-hydrogen) atoms. The van der Waals surface area contributed by atoms with Gasteiger partial charge in [-0.15, -0.1) is 0 Å². The van der Waals surface area contributed by atoms with Gasteiger partial charge in [-0.1, -0.05) is 6.92 Å². The fourth-order valence-electron chi connectivity index (χ4n) is 1.67. The Bertz CT molecular complexity index is 665. The summed E-state index contributed by atoms with van der Waals surface area (Å²) in [5, 5.41) is 9.10. The Morgan fingerprint density at radius 2 is 2.05 bits per heavy atom. The van der Waals surface area contributed by atoms with Crippen LogP contribution in [0.5, 0.6) is 5.75 Å². The Kier molecular flexibility index (Phi) is 4.26. The van der Waals surface area contributed by atoms with Crippen LogP contribution < -0.4 is 4.74 Å². The molecule has 2 rings (SSSR count). The van der Waals surface area contributed by atoms with Crippen molar-refractivity contribution in [2.45, 2.75) is 13.3 Å². The van der Waals surface area contributed by atoms with Crippen molar-refractivity contribution in [3.05, 3.63) is 47.7 Å². The molecule has 102 valence electrons. The number of hydrogen-bond donors (Lipinski definition) is 0. The molecular formula is C15H12F2N2O. The Balaban J connectivity index is 2.38. The number of benzene rings is 1. The van der Waals surface area contributed by atoms with E-state index < -0.39 is 11.6 Å². The van der Waals surface area contributed by atoms with Crippen LogP contribution in [0.25, 0.3) is 11.3 Å². The van der Waals surface area contributed by atoms with Crippen LogP contribution in [0.15, 0.2) is 30.5 Å². The van der Waals surface area contributed by atoms with Crippen LogP contribution in [0.4, 0.5) is 8.78 Å². The quantitative estimate of drug-likeness (QED) is 0.854. The summed E-state index contributed by atoms with van der Waals surface area (Å²) in [5.74, 6) is -1.48. The number of ether oxygens (including phenoxy) is 1. The highest BCUT2D eigenvalue weighted by atomic mass is 19.2. The number of pyridine rings is 1. The van der Waals surface area contributed by atoms with Gasteiger partial charge in [-0.2, -0.15) is 5.26 Å². The fraction of sp³-hybridized carbons (Fsp3) is 0.200. The van der Waals surface area contributed by atoms with Gasteiger partial charge >= 0.3 is 0 Å². The normalized spacial score (nSPS) is 10.1. The van der Waals surface area contributed by atoms with Crippen molar-refractivity contribution in [1.82, 2.24) is 4.98 Å². The van der Waals surface area contributed by atoms with E-state index in [-0.39, 0.29) is 0 Å². The molecule has 0 aliphatic heterocycles. The van der Waals surface area contributed by atoms with E-state index in [0.717, 1.165) is 18.6 Å². The first kappa shape index (κ1) is 13.9. The standard InChI is InChI=1S/C15H12F2N2O/c1-2-5-20-15-9-19-14(7-11(15)8-18)10-3-4-12(16)13(17)6-10/h3-4,6-7,9H,2,5H2,1H3. The van der Waals surface area contributed by atoms with Crippen molar-refractivity contribution in [2.24, 2.45) is 0 Å². The van der Waals surface area contributed by atoms with Gasteiger partial charge in [-0.3, -0.25) is 4.98 Å². The Morgan fingerprint density at radius 3 is 2.70 bits per heavy atom. The number of aromatic nitrogens is 1. The third-order valence-corrected chi connectivity index (χ3v) is 2.66. The molecule has 0 aliphatic carbocycles.